The second-order valence-electron chi connectivity index (χ2n) is 12.2. The highest BCUT2D eigenvalue weighted by Crippen LogP contribution is 2.62. The smallest absolute Gasteiger partial charge is 0.315 e. The monoisotopic (exact) mass is 546 g/mol. The van der Waals surface area contributed by atoms with Crippen LogP contribution in [-0.2, 0) is 24.4 Å². The van der Waals surface area contributed by atoms with Gasteiger partial charge in [0.2, 0.25) is 0 Å². The third-order valence-corrected chi connectivity index (χ3v) is 8.93. The Morgan fingerprint density at radius 2 is 1.37 bits per heavy atom. The maximum Gasteiger partial charge on any atom is 0.315 e. The van der Waals surface area contributed by atoms with Gasteiger partial charge in [0, 0.05) is 31.4 Å². The second-order valence-corrected chi connectivity index (χ2v) is 17.0. The minimum atomic E-state index is -1.71. The van der Waals surface area contributed by atoms with Crippen molar-refractivity contribution in [2.75, 3.05) is 27.4 Å². The van der Waals surface area contributed by atoms with Gasteiger partial charge in [-0.2, -0.15) is 0 Å². The fourth-order valence-corrected chi connectivity index (χ4v) is 7.56. The van der Waals surface area contributed by atoms with Gasteiger partial charge in [-0.1, -0.05) is 25.6 Å². The number of hydrogen-bond donors (Lipinski definition) is 1. The molecule has 4 bridgehead atoms. The predicted molar refractivity (Wildman–Crippen MR) is 148 cm³/mol. The molecule has 0 amide bonds. The van der Waals surface area contributed by atoms with Crippen LogP contribution in [0, 0.1) is 29.2 Å². The fourth-order valence-electron chi connectivity index (χ4n) is 6.99. The first-order valence-corrected chi connectivity index (χ1v) is 17.6. The van der Waals surface area contributed by atoms with Crippen molar-refractivity contribution in [2.24, 2.45) is 17.8 Å². The Bertz CT molecular complexity index is 973. The third-order valence-electron chi connectivity index (χ3n) is 8.04. The molecule has 212 valence electrons. The lowest BCUT2D eigenvalue weighted by Gasteiger charge is -2.57. The quantitative estimate of drug-likeness (QED) is 0.203. The molecule has 3 atom stereocenters. The van der Waals surface area contributed by atoms with Crippen LogP contribution in [0.4, 0.5) is 0 Å². The van der Waals surface area contributed by atoms with Crippen LogP contribution in [0.15, 0.2) is 12.1 Å². The van der Waals surface area contributed by atoms with Gasteiger partial charge in [0.25, 0.3) is 0 Å². The number of hydrogen-bond acceptors (Lipinski definition) is 7. The first-order valence-electron chi connectivity index (χ1n) is 14.1. The fraction of sp³-hybridized carbons (Fsp3) is 0.733. The van der Waals surface area contributed by atoms with E-state index in [-0.39, 0.29) is 5.41 Å². The molecule has 1 aromatic rings. The Balaban J connectivity index is 1.84. The Morgan fingerprint density at radius 1 is 0.868 bits per heavy atom. The molecule has 38 heavy (non-hydrogen) atoms. The van der Waals surface area contributed by atoms with Gasteiger partial charge in [0.05, 0.1) is 13.2 Å². The maximum atomic E-state index is 11.4. The zero-order chi connectivity index (χ0) is 27.5. The molecule has 1 aromatic carbocycles. The van der Waals surface area contributed by atoms with E-state index in [0.717, 1.165) is 42.6 Å². The molecule has 4 fully saturated rings. The van der Waals surface area contributed by atoms with Gasteiger partial charge < -0.3 is 33.5 Å². The molecule has 7 nitrogen and oxygen atoms in total. The Hall–Kier alpha value is -1.60. The molecule has 4 aliphatic rings. The molecule has 0 aliphatic heterocycles. The highest BCUT2D eigenvalue weighted by molar-refractivity contribution is 6.83. The Morgan fingerprint density at radius 3 is 1.82 bits per heavy atom. The van der Waals surface area contributed by atoms with Crippen LogP contribution in [0.25, 0.3) is 0 Å². The standard InChI is InChI=1S/C30H46O7Si/c1-8-34-28(32-3)36-26-16-27(37-29(33-4)35-9-2)24(15-23(26)25(31)10-11-38(5,6)7)30-17-20-12-21(18-30)14-22(13-20)19-30/h15-16,20-22,25,28-29,31H,8-9,12-14,17-19H2,1-7H3. The first kappa shape index (κ1) is 29.4. The van der Waals surface area contributed by atoms with E-state index in [2.05, 4.69) is 37.2 Å². The summed E-state index contributed by atoms with van der Waals surface area (Å²) in [6.45, 7) is 9.35. The Labute approximate surface area is 229 Å². The van der Waals surface area contributed by atoms with Crippen LogP contribution in [0.2, 0.25) is 19.6 Å². The third kappa shape index (κ3) is 6.75. The van der Waals surface area contributed by atoms with E-state index in [4.69, 9.17) is 28.4 Å². The summed E-state index contributed by atoms with van der Waals surface area (Å²) in [5.74, 6) is 6.41. The van der Waals surface area contributed by atoms with E-state index >= 15 is 0 Å². The molecular formula is C30H46O7Si. The first-order chi connectivity index (χ1) is 18.1. The van der Waals surface area contributed by atoms with Crippen molar-refractivity contribution >= 4 is 8.07 Å². The summed E-state index contributed by atoms with van der Waals surface area (Å²) in [5.41, 5.74) is 5.02. The van der Waals surface area contributed by atoms with Crippen molar-refractivity contribution in [1.82, 2.24) is 0 Å². The average Bonchev–Trinajstić information content (AvgIpc) is 2.85. The summed E-state index contributed by atoms with van der Waals surface area (Å²) in [5, 5.41) is 11.4. The SMILES string of the molecule is CCOC(OC)Oc1cc(OC(OC)OCC)c(C23CC4CC(CC(C4)C2)C3)cc1C(O)C#C[Si](C)(C)C. The second kappa shape index (κ2) is 12.3. The van der Waals surface area contributed by atoms with Crippen LogP contribution in [0.1, 0.15) is 69.6 Å². The van der Waals surface area contributed by atoms with Gasteiger partial charge >= 0.3 is 13.0 Å². The van der Waals surface area contributed by atoms with Crippen molar-refractivity contribution in [3.63, 3.8) is 0 Å². The number of ether oxygens (including phenoxy) is 6. The summed E-state index contributed by atoms with van der Waals surface area (Å²) in [6, 6.07) is 3.91. The maximum absolute atomic E-state index is 11.4. The molecule has 8 heteroatoms. The van der Waals surface area contributed by atoms with Gasteiger partial charge in [-0.25, -0.2) is 0 Å². The number of rotatable bonds is 12. The van der Waals surface area contributed by atoms with Crippen LogP contribution in [0.5, 0.6) is 11.5 Å². The van der Waals surface area contributed by atoms with E-state index < -0.39 is 27.1 Å². The molecule has 0 spiro atoms. The van der Waals surface area contributed by atoms with Gasteiger partial charge in [0.15, 0.2) is 0 Å². The summed E-state index contributed by atoms with van der Waals surface area (Å²) in [4.78, 5) is 0. The lowest BCUT2D eigenvalue weighted by molar-refractivity contribution is -0.233. The average molecular weight is 547 g/mol. The lowest BCUT2D eigenvalue weighted by Crippen LogP contribution is -2.48. The van der Waals surface area contributed by atoms with Crippen LogP contribution in [-0.4, -0.2) is 53.6 Å². The number of aliphatic hydroxyl groups is 1. The topological polar surface area (TPSA) is 75.6 Å². The van der Waals surface area contributed by atoms with Gasteiger partial charge in [-0.3, -0.25) is 0 Å². The molecule has 4 aliphatic carbocycles. The normalized spacial score (nSPS) is 28.4. The van der Waals surface area contributed by atoms with Crippen molar-refractivity contribution in [3.8, 4) is 23.0 Å². The largest absolute Gasteiger partial charge is 0.441 e. The van der Waals surface area contributed by atoms with Gasteiger partial charge in [0.1, 0.15) is 25.7 Å². The number of benzene rings is 1. The molecule has 4 saturated carbocycles. The van der Waals surface area contributed by atoms with Crippen LogP contribution >= 0.6 is 0 Å². The van der Waals surface area contributed by atoms with Crippen molar-refractivity contribution < 1.29 is 33.5 Å². The highest BCUT2D eigenvalue weighted by Gasteiger charge is 2.53. The molecule has 0 radical (unpaired) electrons. The molecule has 0 heterocycles. The summed E-state index contributed by atoms with van der Waals surface area (Å²) >= 11 is 0. The summed E-state index contributed by atoms with van der Waals surface area (Å²) in [7, 11) is 1.39. The van der Waals surface area contributed by atoms with Crippen molar-refractivity contribution in [2.45, 2.75) is 96.5 Å². The van der Waals surface area contributed by atoms with Gasteiger partial charge in [-0.15, -0.1) is 5.54 Å². The minimum absolute atomic E-state index is 0.00558. The van der Waals surface area contributed by atoms with E-state index in [0.29, 0.717) is 30.3 Å². The zero-order valence-corrected chi connectivity index (χ0v) is 25.2. The van der Waals surface area contributed by atoms with Crippen LogP contribution < -0.4 is 9.47 Å². The molecular weight excluding hydrogens is 500 g/mol. The number of methoxy groups -OCH3 is 2. The van der Waals surface area contributed by atoms with Crippen molar-refractivity contribution in [1.29, 1.82) is 0 Å². The highest BCUT2D eigenvalue weighted by atomic mass is 28.3. The lowest BCUT2D eigenvalue weighted by atomic mass is 9.48. The summed E-state index contributed by atoms with van der Waals surface area (Å²) in [6.07, 6.45) is 6.39. The summed E-state index contributed by atoms with van der Waals surface area (Å²) < 4.78 is 34.8. The number of aliphatic hydroxyl groups excluding tert-OH is 1. The molecule has 0 aromatic heterocycles. The zero-order valence-electron chi connectivity index (χ0n) is 24.2. The predicted octanol–water partition coefficient (Wildman–Crippen LogP) is 5.76. The van der Waals surface area contributed by atoms with Gasteiger partial charge in [-0.05, 0) is 81.6 Å². The van der Waals surface area contributed by atoms with Crippen LogP contribution in [0.3, 0.4) is 0 Å². The Kier molecular flexibility index (Phi) is 9.50. The van der Waals surface area contributed by atoms with E-state index in [9.17, 15) is 5.11 Å². The molecule has 3 unspecified atom stereocenters. The molecule has 1 N–H and O–H groups in total. The van der Waals surface area contributed by atoms with Crippen molar-refractivity contribution in [3.05, 3.63) is 23.3 Å². The van der Waals surface area contributed by atoms with E-state index in [1.165, 1.54) is 26.4 Å². The molecule has 0 saturated heterocycles. The van der Waals surface area contributed by atoms with E-state index in [1.54, 1.807) is 7.11 Å². The minimum Gasteiger partial charge on any atom is -0.441 e. The van der Waals surface area contributed by atoms with E-state index in [1.807, 2.05) is 19.9 Å². The molecule has 5 rings (SSSR count).